The van der Waals surface area contributed by atoms with Gasteiger partial charge in [-0.1, -0.05) is 18.2 Å². The molecule has 0 saturated carbocycles. The maximum Gasteiger partial charge on any atom is 0.408 e. The first-order valence-corrected chi connectivity index (χ1v) is 6.77. The number of amides is 1. The van der Waals surface area contributed by atoms with Gasteiger partial charge in [-0.25, -0.2) is 4.79 Å². The van der Waals surface area contributed by atoms with Crippen molar-refractivity contribution in [3.8, 4) is 0 Å². The second-order valence-electron chi connectivity index (χ2n) is 6.42. The zero-order valence-corrected chi connectivity index (χ0v) is 13.2. The van der Waals surface area contributed by atoms with Crippen LogP contribution in [0.4, 0.5) is 4.79 Å². The van der Waals surface area contributed by atoms with E-state index in [2.05, 4.69) is 5.32 Å². The van der Waals surface area contributed by atoms with Crippen LogP contribution in [0.25, 0.3) is 0 Å². The molecule has 0 radical (unpaired) electrons. The predicted molar refractivity (Wildman–Crippen MR) is 79.7 cm³/mol. The van der Waals surface area contributed by atoms with Crippen molar-refractivity contribution >= 4 is 6.09 Å². The Labute approximate surface area is 121 Å². The molecule has 1 rings (SSSR count). The maximum atomic E-state index is 11.9. The van der Waals surface area contributed by atoms with Gasteiger partial charge in [0.2, 0.25) is 0 Å². The van der Waals surface area contributed by atoms with Crippen LogP contribution in [0.1, 0.15) is 44.4 Å². The fraction of sp³-hybridized carbons (Fsp3) is 0.562. The van der Waals surface area contributed by atoms with E-state index in [4.69, 9.17) is 4.74 Å². The molecule has 0 aliphatic heterocycles. The number of aliphatic hydroxyl groups excluding tert-OH is 1. The van der Waals surface area contributed by atoms with Crippen LogP contribution in [-0.2, 0) is 10.3 Å². The largest absolute Gasteiger partial charge is 0.444 e. The first-order chi connectivity index (χ1) is 9.07. The van der Waals surface area contributed by atoms with E-state index in [1.165, 1.54) is 5.56 Å². The van der Waals surface area contributed by atoms with Gasteiger partial charge in [-0.05, 0) is 58.2 Å². The number of nitrogens with one attached hydrogen (secondary N) is 1. The van der Waals surface area contributed by atoms with Crippen LogP contribution in [0.5, 0.6) is 0 Å². The van der Waals surface area contributed by atoms with E-state index in [1.807, 2.05) is 32.0 Å². The second-order valence-corrected chi connectivity index (χ2v) is 6.42. The van der Waals surface area contributed by atoms with Gasteiger partial charge in [0, 0.05) is 0 Å². The smallest absolute Gasteiger partial charge is 0.408 e. The maximum absolute atomic E-state index is 11.9. The Morgan fingerprint density at radius 1 is 1.20 bits per heavy atom. The first kappa shape index (κ1) is 16.5. The van der Waals surface area contributed by atoms with Crippen molar-refractivity contribution in [1.29, 1.82) is 0 Å². The van der Waals surface area contributed by atoms with Crippen LogP contribution in [-0.4, -0.2) is 23.4 Å². The summed E-state index contributed by atoms with van der Waals surface area (Å²) in [6, 6.07) is 5.87. The van der Waals surface area contributed by atoms with E-state index in [9.17, 15) is 9.90 Å². The fourth-order valence-corrected chi connectivity index (χ4v) is 1.82. The Morgan fingerprint density at radius 2 is 1.80 bits per heavy atom. The topological polar surface area (TPSA) is 58.6 Å². The highest BCUT2D eigenvalue weighted by atomic mass is 16.6. The van der Waals surface area contributed by atoms with E-state index in [0.29, 0.717) is 0 Å². The van der Waals surface area contributed by atoms with Gasteiger partial charge >= 0.3 is 6.09 Å². The van der Waals surface area contributed by atoms with Gasteiger partial charge in [0.05, 0.1) is 12.1 Å². The zero-order chi connectivity index (χ0) is 15.6. The standard InChI is InChI=1S/C16H25NO3/c1-11-7-8-13(9-12(11)2)16(6,10-18)17-14(19)20-15(3,4)5/h7-9,18H,10H2,1-6H3,(H,17,19). The molecule has 1 unspecified atom stereocenters. The van der Waals surface area contributed by atoms with Crippen LogP contribution in [0, 0.1) is 13.8 Å². The molecule has 0 bridgehead atoms. The molecule has 0 heterocycles. The van der Waals surface area contributed by atoms with E-state index in [1.54, 1.807) is 27.7 Å². The van der Waals surface area contributed by atoms with E-state index < -0.39 is 17.2 Å². The van der Waals surface area contributed by atoms with E-state index in [0.717, 1.165) is 11.1 Å². The lowest BCUT2D eigenvalue weighted by Gasteiger charge is -2.31. The highest BCUT2D eigenvalue weighted by Crippen LogP contribution is 2.23. The van der Waals surface area contributed by atoms with Crippen LogP contribution in [0.3, 0.4) is 0 Å². The van der Waals surface area contributed by atoms with Gasteiger partial charge in [-0.2, -0.15) is 0 Å². The lowest BCUT2D eigenvalue weighted by molar-refractivity contribution is 0.0411. The minimum Gasteiger partial charge on any atom is -0.444 e. The third-order valence-electron chi connectivity index (χ3n) is 3.24. The molecule has 0 saturated heterocycles. The number of aliphatic hydroxyl groups is 1. The number of ether oxygens (including phenoxy) is 1. The Balaban J connectivity index is 2.96. The number of benzene rings is 1. The molecule has 1 amide bonds. The molecule has 2 N–H and O–H groups in total. The van der Waals surface area contributed by atoms with Gasteiger partial charge in [0.15, 0.2) is 0 Å². The average Bonchev–Trinajstić information content (AvgIpc) is 2.29. The SMILES string of the molecule is Cc1ccc(C(C)(CO)NC(=O)OC(C)(C)C)cc1C. The van der Waals surface area contributed by atoms with Gasteiger partial charge in [0.1, 0.15) is 5.60 Å². The van der Waals surface area contributed by atoms with Crippen LogP contribution in [0.2, 0.25) is 0 Å². The molecule has 4 nitrogen and oxygen atoms in total. The molecule has 1 aromatic carbocycles. The van der Waals surface area contributed by atoms with Crippen LogP contribution < -0.4 is 5.32 Å². The predicted octanol–water partition coefficient (Wildman–Crippen LogP) is 3.04. The number of carbonyl (C=O) groups is 1. The number of aryl methyl sites for hydroxylation is 2. The Hall–Kier alpha value is -1.55. The average molecular weight is 279 g/mol. The van der Waals surface area contributed by atoms with Gasteiger partial charge in [-0.15, -0.1) is 0 Å². The third-order valence-corrected chi connectivity index (χ3v) is 3.24. The van der Waals surface area contributed by atoms with Crippen molar-refractivity contribution in [2.75, 3.05) is 6.61 Å². The molecule has 0 aliphatic carbocycles. The zero-order valence-electron chi connectivity index (χ0n) is 13.2. The minimum absolute atomic E-state index is 0.200. The molecular weight excluding hydrogens is 254 g/mol. The highest BCUT2D eigenvalue weighted by molar-refractivity contribution is 5.69. The number of hydrogen-bond donors (Lipinski definition) is 2. The van der Waals surface area contributed by atoms with Crippen molar-refractivity contribution < 1.29 is 14.6 Å². The van der Waals surface area contributed by atoms with E-state index in [-0.39, 0.29) is 6.61 Å². The fourth-order valence-electron chi connectivity index (χ4n) is 1.82. The molecule has 20 heavy (non-hydrogen) atoms. The number of carbonyl (C=O) groups excluding carboxylic acids is 1. The molecule has 0 fully saturated rings. The highest BCUT2D eigenvalue weighted by Gasteiger charge is 2.30. The van der Waals surface area contributed by atoms with Crippen molar-refractivity contribution in [3.05, 3.63) is 34.9 Å². The molecule has 0 aromatic heterocycles. The summed E-state index contributed by atoms with van der Waals surface area (Å²) < 4.78 is 5.25. The second kappa shape index (κ2) is 5.83. The molecular formula is C16H25NO3. The summed E-state index contributed by atoms with van der Waals surface area (Å²) in [6.07, 6.45) is -0.535. The van der Waals surface area contributed by atoms with Gasteiger partial charge in [-0.3, -0.25) is 0 Å². The normalized spacial score (nSPS) is 14.6. The molecule has 1 atom stereocenters. The summed E-state index contributed by atoms with van der Waals surface area (Å²) in [6.45, 7) is 11.0. The summed E-state index contributed by atoms with van der Waals surface area (Å²) in [5, 5.41) is 12.4. The Bertz CT molecular complexity index is 491. The quantitative estimate of drug-likeness (QED) is 0.894. The minimum atomic E-state index is -0.860. The Kier molecular flexibility index (Phi) is 4.81. The van der Waals surface area contributed by atoms with E-state index >= 15 is 0 Å². The van der Waals surface area contributed by atoms with Crippen molar-refractivity contribution in [3.63, 3.8) is 0 Å². The summed E-state index contributed by atoms with van der Waals surface area (Å²) in [5.74, 6) is 0. The van der Waals surface area contributed by atoms with Gasteiger partial charge in [0.25, 0.3) is 0 Å². The number of rotatable bonds is 3. The molecule has 1 aromatic rings. The van der Waals surface area contributed by atoms with Crippen molar-refractivity contribution in [2.24, 2.45) is 0 Å². The van der Waals surface area contributed by atoms with Gasteiger partial charge < -0.3 is 15.2 Å². The molecule has 4 heteroatoms. The number of hydrogen-bond acceptors (Lipinski definition) is 3. The lowest BCUT2D eigenvalue weighted by Crippen LogP contribution is -2.48. The summed E-state index contributed by atoms with van der Waals surface area (Å²) in [7, 11) is 0. The van der Waals surface area contributed by atoms with Crippen LogP contribution in [0.15, 0.2) is 18.2 Å². The first-order valence-electron chi connectivity index (χ1n) is 6.77. The van der Waals surface area contributed by atoms with Crippen molar-refractivity contribution in [1.82, 2.24) is 5.32 Å². The van der Waals surface area contributed by atoms with Crippen molar-refractivity contribution in [2.45, 2.75) is 52.7 Å². The molecule has 0 aliphatic rings. The Morgan fingerprint density at radius 3 is 2.25 bits per heavy atom. The summed E-state index contributed by atoms with van der Waals surface area (Å²) >= 11 is 0. The molecule has 112 valence electrons. The monoisotopic (exact) mass is 279 g/mol. The van der Waals surface area contributed by atoms with Crippen LogP contribution >= 0.6 is 0 Å². The lowest BCUT2D eigenvalue weighted by atomic mass is 9.90. The molecule has 0 spiro atoms. The summed E-state index contributed by atoms with van der Waals surface area (Å²) in [4.78, 5) is 11.9. The third kappa shape index (κ3) is 4.23. The number of alkyl carbamates (subject to hydrolysis) is 1. The summed E-state index contributed by atoms with van der Waals surface area (Å²) in [5.41, 5.74) is 1.72.